The molecule has 0 saturated carbocycles. The van der Waals surface area contributed by atoms with Crippen LogP contribution in [0.3, 0.4) is 0 Å². The molecule has 1 aliphatic heterocycles. The van der Waals surface area contributed by atoms with Crippen molar-refractivity contribution in [3.63, 3.8) is 0 Å². The fraction of sp³-hybridized carbons (Fsp3) is 0.350. The molecule has 1 unspecified atom stereocenters. The lowest BCUT2D eigenvalue weighted by Gasteiger charge is -2.32. The summed E-state index contributed by atoms with van der Waals surface area (Å²) in [6.07, 6.45) is 9.25. The van der Waals surface area contributed by atoms with Gasteiger partial charge in [0.2, 0.25) is 5.88 Å². The van der Waals surface area contributed by atoms with Gasteiger partial charge in [0.1, 0.15) is 23.0 Å². The number of nitrogens with zero attached hydrogens (tertiary/aromatic N) is 4. The van der Waals surface area contributed by atoms with Gasteiger partial charge in [-0.2, -0.15) is 0 Å². The van der Waals surface area contributed by atoms with Crippen molar-refractivity contribution >= 4 is 0 Å². The first kappa shape index (κ1) is 17.5. The molecule has 140 valence electrons. The molecule has 1 atom stereocenters. The third kappa shape index (κ3) is 4.25. The van der Waals surface area contributed by atoms with Crippen LogP contribution in [0.15, 0.2) is 49.1 Å². The highest BCUT2D eigenvalue weighted by atomic mass is 16.5. The second-order valence-electron chi connectivity index (χ2n) is 6.63. The van der Waals surface area contributed by atoms with Gasteiger partial charge >= 0.3 is 0 Å². The zero-order valence-electron chi connectivity index (χ0n) is 15.3. The minimum atomic E-state index is 0.288. The summed E-state index contributed by atoms with van der Waals surface area (Å²) in [7, 11) is 1.65. The van der Waals surface area contributed by atoms with E-state index in [4.69, 9.17) is 9.47 Å². The maximum Gasteiger partial charge on any atom is 0.241 e. The number of aromatic amines is 1. The number of ether oxygens (including phenoxy) is 2. The van der Waals surface area contributed by atoms with Crippen LogP contribution in [-0.4, -0.2) is 45.0 Å². The Balaban J connectivity index is 1.49. The Labute approximate surface area is 158 Å². The van der Waals surface area contributed by atoms with Crippen LogP contribution in [-0.2, 0) is 6.54 Å². The number of H-pyrrole nitrogens is 1. The lowest BCUT2D eigenvalue weighted by molar-refractivity contribution is 0.193. The zero-order valence-corrected chi connectivity index (χ0v) is 15.3. The van der Waals surface area contributed by atoms with Crippen molar-refractivity contribution in [1.82, 2.24) is 24.8 Å². The van der Waals surface area contributed by atoms with Gasteiger partial charge in [-0.25, -0.2) is 9.97 Å². The van der Waals surface area contributed by atoms with Gasteiger partial charge in [-0.05, 0) is 43.7 Å². The number of hydrogen-bond donors (Lipinski definition) is 1. The molecule has 7 nitrogen and oxygen atoms in total. The molecule has 3 heterocycles. The van der Waals surface area contributed by atoms with Gasteiger partial charge in [0.15, 0.2) is 0 Å². The first-order chi connectivity index (χ1) is 13.3. The van der Waals surface area contributed by atoms with Crippen molar-refractivity contribution in [2.75, 3.05) is 20.2 Å². The number of rotatable bonds is 6. The summed E-state index contributed by atoms with van der Waals surface area (Å²) in [5.41, 5.74) is 0.914. The van der Waals surface area contributed by atoms with Gasteiger partial charge in [0, 0.05) is 37.3 Å². The van der Waals surface area contributed by atoms with Crippen molar-refractivity contribution in [1.29, 1.82) is 0 Å². The Kier molecular flexibility index (Phi) is 5.29. The van der Waals surface area contributed by atoms with E-state index in [1.165, 1.54) is 0 Å². The average Bonchev–Trinajstić information content (AvgIpc) is 3.22. The van der Waals surface area contributed by atoms with E-state index in [-0.39, 0.29) is 5.92 Å². The monoisotopic (exact) mass is 365 g/mol. The molecule has 1 fully saturated rings. The molecular formula is C20H23N5O2. The molecule has 3 aromatic rings. The Morgan fingerprint density at radius 2 is 1.89 bits per heavy atom. The molecule has 7 heteroatoms. The lowest BCUT2D eigenvalue weighted by atomic mass is 9.94. The Morgan fingerprint density at radius 3 is 2.67 bits per heavy atom. The Hall–Kier alpha value is -2.93. The topological polar surface area (TPSA) is 76.2 Å². The first-order valence-electron chi connectivity index (χ1n) is 9.15. The Morgan fingerprint density at radius 1 is 1.07 bits per heavy atom. The van der Waals surface area contributed by atoms with E-state index in [0.29, 0.717) is 5.88 Å². The van der Waals surface area contributed by atoms with Gasteiger partial charge in [0.25, 0.3) is 0 Å². The summed E-state index contributed by atoms with van der Waals surface area (Å²) >= 11 is 0. The van der Waals surface area contributed by atoms with E-state index in [2.05, 4.69) is 24.8 Å². The summed E-state index contributed by atoms with van der Waals surface area (Å²) in [6, 6.07) is 7.50. The molecule has 0 spiro atoms. The van der Waals surface area contributed by atoms with E-state index in [1.807, 2.05) is 30.5 Å². The third-order valence-electron chi connectivity index (χ3n) is 4.79. The molecule has 0 radical (unpaired) electrons. The SMILES string of the molecule is COc1ccc(Oc2nccnc2C2CCCN(Cc3ncc[nH]3)C2)cc1. The van der Waals surface area contributed by atoms with Crippen LogP contribution in [0.1, 0.15) is 30.3 Å². The highest BCUT2D eigenvalue weighted by Gasteiger charge is 2.26. The molecule has 1 aliphatic rings. The average molecular weight is 365 g/mol. The molecule has 27 heavy (non-hydrogen) atoms. The summed E-state index contributed by atoms with van der Waals surface area (Å²) in [5.74, 6) is 3.37. The molecule has 1 N–H and O–H groups in total. The molecule has 4 rings (SSSR count). The minimum absolute atomic E-state index is 0.288. The van der Waals surface area contributed by atoms with Crippen LogP contribution < -0.4 is 9.47 Å². The van der Waals surface area contributed by atoms with Crippen LogP contribution in [0.5, 0.6) is 17.4 Å². The molecule has 1 aromatic carbocycles. The number of aromatic nitrogens is 4. The minimum Gasteiger partial charge on any atom is -0.497 e. The standard InChI is InChI=1S/C20H23N5O2/c1-26-16-4-6-17(7-5-16)27-20-19(23-10-11-24-20)15-3-2-12-25(13-15)14-18-21-8-9-22-18/h4-11,15H,2-3,12-14H2,1H3,(H,21,22). The number of imidazole rings is 1. The van der Waals surface area contributed by atoms with Crippen molar-refractivity contribution in [2.45, 2.75) is 25.3 Å². The molecule has 0 aliphatic carbocycles. The van der Waals surface area contributed by atoms with E-state index in [9.17, 15) is 0 Å². The third-order valence-corrected chi connectivity index (χ3v) is 4.79. The van der Waals surface area contributed by atoms with Crippen LogP contribution in [0.4, 0.5) is 0 Å². The molecule has 1 saturated heterocycles. The van der Waals surface area contributed by atoms with Crippen LogP contribution >= 0.6 is 0 Å². The van der Waals surface area contributed by atoms with Crippen LogP contribution in [0, 0.1) is 0 Å². The van der Waals surface area contributed by atoms with E-state index in [1.54, 1.807) is 25.7 Å². The Bertz CT molecular complexity index is 851. The van der Waals surface area contributed by atoms with Crippen molar-refractivity contribution in [2.24, 2.45) is 0 Å². The van der Waals surface area contributed by atoms with Gasteiger partial charge in [-0.15, -0.1) is 0 Å². The largest absolute Gasteiger partial charge is 0.497 e. The fourth-order valence-corrected chi connectivity index (χ4v) is 3.47. The van der Waals surface area contributed by atoms with E-state index in [0.717, 1.165) is 55.5 Å². The van der Waals surface area contributed by atoms with Crippen molar-refractivity contribution < 1.29 is 9.47 Å². The smallest absolute Gasteiger partial charge is 0.241 e. The number of hydrogen-bond acceptors (Lipinski definition) is 6. The van der Waals surface area contributed by atoms with Crippen LogP contribution in [0.25, 0.3) is 0 Å². The maximum atomic E-state index is 6.04. The predicted molar refractivity (Wildman–Crippen MR) is 101 cm³/mol. The van der Waals surface area contributed by atoms with E-state index >= 15 is 0 Å². The van der Waals surface area contributed by atoms with E-state index < -0.39 is 0 Å². The lowest BCUT2D eigenvalue weighted by Crippen LogP contribution is -2.34. The molecule has 0 bridgehead atoms. The predicted octanol–water partition coefficient (Wildman–Crippen LogP) is 3.38. The molecular weight excluding hydrogens is 342 g/mol. The number of likely N-dealkylation sites (tertiary alicyclic amines) is 1. The summed E-state index contributed by atoms with van der Waals surface area (Å²) < 4.78 is 11.2. The quantitative estimate of drug-likeness (QED) is 0.722. The molecule has 0 amide bonds. The fourth-order valence-electron chi connectivity index (χ4n) is 3.47. The van der Waals surface area contributed by atoms with Gasteiger partial charge < -0.3 is 14.5 Å². The number of benzene rings is 1. The van der Waals surface area contributed by atoms with Crippen LogP contribution in [0.2, 0.25) is 0 Å². The second kappa shape index (κ2) is 8.18. The number of methoxy groups -OCH3 is 1. The highest BCUT2D eigenvalue weighted by molar-refractivity contribution is 5.35. The summed E-state index contributed by atoms with van der Waals surface area (Å²) in [5, 5.41) is 0. The zero-order chi connectivity index (χ0) is 18.5. The highest BCUT2D eigenvalue weighted by Crippen LogP contribution is 2.33. The van der Waals surface area contributed by atoms with Gasteiger partial charge in [-0.1, -0.05) is 0 Å². The number of nitrogens with one attached hydrogen (secondary N) is 1. The first-order valence-corrected chi connectivity index (χ1v) is 9.15. The normalized spacial score (nSPS) is 17.6. The number of piperidine rings is 1. The van der Waals surface area contributed by atoms with Gasteiger partial charge in [-0.3, -0.25) is 9.88 Å². The summed E-state index contributed by atoms with van der Waals surface area (Å²) in [4.78, 5) is 19.0. The maximum absolute atomic E-state index is 6.04. The van der Waals surface area contributed by atoms with Crippen molar-refractivity contribution in [3.05, 3.63) is 60.6 Å². The molecule has 2 aromatic heterocycles. The van der Waals surface area contributed by atoms with Gasteiger partial charge in [0.05, 0.1) is 13.7 Å². The summed E-state index contributed by atoms with van der Waals surface area (Å²) in [6.45, 7) is 2.79. The second-order valence-corrected chi connectivity index (χ2v) is 6.63. The van der Waals surface area contributed by atoms with Crippen molar-refractivity contribution in [3.8, 4) is 17.4 Å².